The van der Waals surface area contributed by atoms with Crippen LogP contribution < -0.4 is 5.73 Å². The predicted molar refractivity (Wildman–Crippen MR) is 32.8 cm³/mol. The molecule has 0 rings (SSSR count). The molecule has 0 fully saturated rings. The molecule has 0 spiro atoms. The summed E-state index contributed by atoms with van der Waals surface area (Å²) in [6.07, 6.45) is 1.94. The minimum absolute atomic E-state index is 0.505. The lowest BCUT2D eigenvalue weighted by Crippen LogP contribution is -2.03. The van der Waals surface area contributed by atoms with Gasteiger partial charge in [0.2, 0.25) is 0 Å². The van der Waals surface area contributed by atoms with Gasteiger partial charge in [-0.1, -0.05) is 19.9 Å². The van der Waals surface area contributed by atoms with Crippen molar-refractivity contribution in [3.63, 3.8) is 0 Å². The first-order valence-electron chi connectivity index (χ1n) is 2.60. The maximum atomic E-state index is 5.48. The highest BCUT2D eigenvalue weighted by Gasteiger charge is 1.91. The molecule has 0 aromatic rings. The SMILES string of the molecule is C/C=C(\N)C(C)C. The van der Waals surface area contributed by atoms with Crippen LogP contribution in [-0.4, -0.2) is 0 Å². The average Bonchev–Trinajstić information content (AvgIpc) is 1.65. The van der Waals surface area contributed by atoms with E-state index in [0.29, 0.717) is 5.92 Å². The zero-order chi connectivity index (χ0) is 5.86. The van der Waals surface area contributed by atoms with Gasteiger partial charge in [-0.2, -0.15) is 0 Å². The molecule has 2 N–H and O–H groups in total. The zero-order valence-electron chi connectivity index (χ0n) is 5.23. The lowest BCUT2D eigenvalue weighted by Gasteiger charge is -2.00. The van der Waals surface area contributed by atoms with Gasteiger partial charge in [-0.15, -0.1) is 0 Å². The molecule has 0 saturated carbocycles. The molecule has 0 radical (unpaired) electrons. The number of hydrogen-bond acceptors (Lipinski definition) is 1. The zero-order valence-corrected chi connectivity index (χ0v) is 5.23. The lowest BCUT2D eigenvalue weighted by molar-refractivity contribution is 0.755. The lowest BCUT2D eigenvalue weighted by atomic mass is 10.1. The normalized spacial score (nSPS) is 12.9. The van der Waals surface area contributed by atoms with Crippen LogP contribution >= 0.6 is 0 Å². The van der Waals surface area contributed by atoms with Gasteiger partial charge in [-0.05, 0) is 12.8 Å². The molecule has 0 aliphatic rings. The molecule has 0 aromatic heterocycles. The summed E-state index contributed by atoms with van der Waals surface area (Å²) in [5.41, 5.74) is 6.45. The van der Waals surface area contributed by atoms with Crippen LogP contribution in [0.5, 0.6) is 0 Å². The molecule has 0 saturated heterocycles. The van der Waals surface area contributed by atoms with Crippen molar-refractivity contribution in [2.45, 2.75) is 20.8 Å². The van der Waals surface area contributed by atoms with Crippen LogP contribution in [0.4, 0.5) is 0 Å². The number of allylic oxidation sites excluding steroid dienone is 2. The Labute approximate surface area is 45.2 Å². The quantitative estimate of drug-likeness (QED) is 0.529. The summed E-state index contributed by atoms with van der Waals surface area (Å²) in [7, 11) is 0. The minimum Gasteiger partial charge on any atom is -0.402 e. The molecule has 0 aromatic carbocycles. The molecule has 0 heterocycles. The molecule has 0 unspecified atom stereocenters. The van der Waals surface area contributed by atoms with E-state index < -0.39 is 0 Å². The Morgan fingerprint density at radius 2 is 2.00 bits per heavy atom. The summed E-state index contributed by atoms with van der Waals surface area (Å²) < 4.78 is 0. The van der Waals surface area contributed by atoms with Gasteiger partial charge in [0.25, 0.3) is 0 Å². The van der Waals surface area contributed by atoms with Crippen LogP contribution in [0.1, 0.15) is 20.8 Å². The second kappa shape index (κ2) is 2.67. The van der Waals surface area contributed by atoms with Gasteiger partial charge < -0.3 is 5.73 Å². The summed E-state index contributed by atoms with van der Waals surface area (Å²) in [5.74, 6) is 0.505. The number of rotatable bonds is 1. The second-order valence-corrected chi connectivity index (χ2v) is 1.94. The molecule has 0 atom stereocenters. The highest BCUT2D eigenvalue weighted by Crippen LogP contribution is 1.99. The molecular weight excluding hydrogens is 86.1 g/mol. The largest absolute Gasteiger partial charge is 0.402 e. The predicted octanol–water partition coefficient (Wildman–Crippen LogP) is 1.50. The highest BCUT2D eigenvalue weighted by atomic mass is 14.6. The third-order valence-corrected chi connectivity index (χ3v) is 1.00. The van der Waals surface area contributed by atoms with Crippen LogP contribution in [0.2, 0.25) is 0 Å². The van der Waals surface area contributed by atoms with Crippen LogP contribution in [-0.2, 0) is 0 Å². The van der Waals surface area contributed by atoms with Crippen LogP contribution in [0.25, 0.3) is 0 Å². The minimum atomic E-state index is 0.505. The van der Waals surface area contributed by atoms with E-state index in [4.69, 9.17) is 5.73 Å². The monoisotopic (exact) mass is 99.1 g/mol. The van der Waals surface area contributed by atoms with E-state index in [-0.39, 0.29) is 0 Å². The Balaban J connectivity index is 3.56. The second-order valence-electron chi connectivity index (χ2n) is 1.94. The molecule has 0 aliphatic carbocycles. The summed E-state index contributed by atoms with van der Waals surface area (Å²) in [5, 5.41) is 0. The van der Waals surface area contributed by atoms with Crippen molar-refractivity contribution in [1.29, 1.82) is 0 Å². The maximum Gasteiger partial charge on any atom is 0.00631 e. The van der Waals surface area contributed by atoms with Gasteiger partial charge in [-0.3, -0.25) is 0 Å². The van der Waals surface area contributed by atoms with Crippen molar-refractivity contribution in [2.24, 2.45) is 11.7 Å². The average molecular weight is 99.2 g/mol. The van der Waals surface area contributed by atoms with E-state index >= 15 is 0 Å². The Hall–Kier alpha value is -0.460. The van der Waals surface area contributed by atoms with E-state index in [0.717, 1.165) is 5.70 Å². The van der Waals surface area contributed by atoms with Crippen LogP contribution in [0.3, 0.4) is 0 Å². The van der Waals surface area contributed by atoms with Gasteiger partial charge in [0.15, 0.2) is 0 Å². The Bertz CT molecular complexity index is 72.2. The van der Waals surface area contributed by atoms with Crippen molar-refractivity contribution in [1.82, 2.24) is 0 Å². The number of nitrogens with two attached hydrogens (primary N) is 1. The van der Waals surface area contributed by atoms with Crippen LogP contribution in [0, 0.1) is 5.92 Å². The molecule has 42 valence electrons. The summed E-state index contributed by atoms with van der Waals surface area (Å²) in [4.78, 5) is 0. The van der Waals surface area contributed by atoms with E-state index in [1.54, 1.807) is 0 Å². The highest BCUT2D eigenvalue weighted by molar-refractivity contribution is 4.96. The van der Waals surface area contributed by atoms with Gasteiger partial charge in [0.1, 0.15) is 0 Å². The Morgan fingerprint density at radius 3 is 2.00 bits per heavy atom. The fourth-order valence-electron chi connectivity index (χ4n) is 0.333. The third-order valence-electron chi connectivity index (χ3n) is 1.00. The first-order valence-corrected chi connectivity index (χ1v) is 2.60. The molecule has 1 nitrogen and oxygen atoms in total. The third kappa shape index (κ3) is 2.26. The van der Waals surface area contributed by atoms with Gasteiger partial charge in [-0.25, -0.2) is 0 Å². The van der Waals surface area contributed by atoms with Gasteiger partial charge in [0, 0.05) is 5.70 Å². The summed E-state index contributed by atoms with van der Waals surface area (Å²) >= 11 is 0. The standard InChI is InChI=1S/C6H13N/c1-4-6(7)5(2)3/h4-5H,7H2,1-3H3/b6-4-. The molecular formula is C6H13N. The van der Waals surface area contributed by atoms with Crippen molar-refractivity contribution in [3.05, 3.63) is 11.8 Å². The van der Waals surface area contributed by atoms with Crippen LogP contribution in [0.15, 0.2) is 11.8 Å². The van der Waals surface area contributed by atoms with E-state index in [9.17, 15) is 0 Å². The molecule has 7 heavy (non-hydrogen) atoms. The molecule has 0 aliphatic heterocycles. The summed E-state index contributed by atoms with van der Waals surface area (Å²) in [6, 6.07) is 0. The fraction of sp³-hybridized carbons (Fsp3) is 0.667. The first-order chi connectivity index (χ1) is 3.18. The van der Waals surface area contributed by atoms with Gasteiger partial charge >= 0.3 is 0 Å². The Kier molecular flexibility index (Phi) is 2.49. The van der Waals surface area contributed by atoms with Crippen molar-refractivity contribution in [3.8, 4) is 0 Å². The first kappa shape index (κ1) is 6.54. The molecule has 0 bridgehead atoms. The Morgan fingerprint density at radius 1 is 1.57 bits per heavy atom. The maximum absolute atomic E-state index is 5.48. The van der Waals surface area contributed by atoms with E-state index in [2.05, 4.69) is 13.8 Å². The van der Waals surface area contributed by atoms with Crippen molar-refractivity contribution >= 4 is 0 Å². The summed E-state index contributed by atoms with van der Waals surface area (Å²) in [6.45, 7) is 6.11. The van der Waals surface area contributed by atoms with Crippen molar-refractivity contribution in [2.75, 3.05) is 0 Å². The van der Waals surface area contributed by atoms with E-state index in [1.165, 1.54) is 0 Å². The van der Waals surface area contributed by atoms with E-state index in [1.807, 2.05) is 13.0 Å². The fourth-order valence-corrected chi connectivity index (χ4v) is 0.333. The topological polar surface area (TPSA) is 26.0 Å². The molecule has 0 amide bonds. The van der Waals surface area contributed by atoms with Gasteiger partial charge in [0.05, 0.1) is 0 Å². The number of hydrogen-bond donors (Lipinski definition) is 1. The molecule has 1 heteroatoms. The van der Waals surface area contributed by atoms with Crippen molar-refractivity contribution < 1.29 is 0 Å². The smallest absolute Gasteiger partial charge is 0.00631 e.